The van der Waals surface area contributed by atoms with Crippen molar-refractivity contribution in [1.82, 2.24) is 4.98 Å². The summed E-state index contributed by atoms with van der Waals surface area (Å²) in [6.07, 6.45) is -3.73. The molecule has 0 fully saturated rings. The number of pyridine rings is 1. The van der Waals surface area contributed by atoms with Gasteiger partial charge in [0.1, 0.15) is 12.4 Å². The summed E-state index contributed by atoms with van der Waals surface area (Å²) in [7, 11) is 0. The molecule has 0 radical (unpaired) electrons. The molecule has 176 valence electrons. The van der Waals surface area contributed by atoms with Crippen LogP contribution in [0.15, 0.2) is 60.8 Å². The van der Waals surface area contributed by atoms with Gasteiger partial charge >= 0.3 is 6.18 Å². The molecule has 3 rings (SSSR count). The summed E-state index contributed by atoms with van der Waals surface area (Å²) in [5.41, 5.74) is 7.60. The van der Waals surface area contributed by atoms with Crippen LogP contribution >= 0.6 is 12.4 Å². The number of carbonyl (C=O) groups excluding carboxylic acids is 1. The summed E-state index contributed by atoms with van der Waals surface area (Å²) in [4.78, 5) is 17.5. The Labute approximate surface area is 196 Å². The molecule has 9 heteroatoms. The second-order valence-corrected chi connectivity index (χ2v) is 7.42. The van der Waals surface area contributed by atoms with E-state index >= 15 is 0 Å². The molecule has 0 bridgehead atoms. The lowest BCUT2D eigenvalue weighted by atomic mass is 10.1. The average Bonchev–Trinajstić information content (AvgIpc) is 2.75. The fraction of sp³-hybridized carbons (Fsp3) is 0.250. The molecule has 33 heavy (non-hydrogen) atoms. The van der Waals surface area contributed by atoms with E-state index in [-0.39, 0.29) is 25.5 Å². The first-order valence-corrected chi connectivity index (χ1v) is 10.0. The molecule has 0 aliphatic rings. The molecule has 1 heterocycles. The Kier molecular flexibility index (Phi) is 8.84. The number of anilines is 1. The maximum absolute atomic E-state index is 13.3. The topological polar surface area (TPSA) is 68.5 Å². The standard InChI is InChI=1S/C24H24F3N3O2.ClH/c1-16-12-17(2)14-18(13-16)15-32-20-7-5-19(6-8-20)30(11-9-28)23(31)21-4-3-10-29-22(21)24(25,26)27;/h3-8,10,12-14H,9,11,15,28H2,1-2H3;1H. The van der Waals surface area contributed by atoms with Gasteiger partial charge in [-0.2, -0.15) is 13.2 Å². The van der Waals surface area contributed by atoms with Crippen LogP contribution in [-0.2, 0) is 12.8 Å². The number of hydrogen-bond donors (Lipinski definition) is 1. The number of aromatic nitrogens is 1. The molecule has 0 saturated carbocycles. The average molecular weight is 480 g/mol. The SMILES string of the molecule is Cc1cc(C)cc(COc2ccc(N(CCN)C(=O)c3cccnc3C(F)(F)F)cc2)c1.Cl. The van der Waals surface area contributed by atoms with E-state index in [9.17, 15) is 18.0 Å². The first kappa shape index (κ1) is 26.2. The first-order chi connectivity index (χ1) is 15.2. The van der Waals surface area contributed by atoms with E-state index in [0.717, 1.165) is 29.0 Å². The smallest absolute Gasteiger partial charge is 0.434 e. The monoisotopic (exact) mass is 479 g/mol. The van der Waals surface area contributed by atoms with Gasteiger partial charge in [-0.1, -0.05) is 29.3 Å². The highest BCUT2D eigenvalue weighted by Gasteiger charge is 2.38. The van der Waals surface area contributed by atoms with Gasteiger partial charge in [0.2, 0.25) is 0 Å². The van der Waals surface area contributed by atoms with Crippen molar-refractivity contribution in [3.8, 4) is 5.75 Å². The molecule has 0 unspecified atom stereocenters. The van der Waals surface area contributed by atoms with Crippen LogP contribution in [-0.4, -0.2) is 24.0 Å². The minimum Gasteiger partial charge on any atom is -0.489 e. The molecule has 0 aliphatic carbocycles. The Morgan fingerprint density at radius 3 is 2.27 bits per heavy atom. The molecule has 2 aromatic carbocycles. The van der Waals surface area contributed by atoms with Crippen LogP contribution in [0.1, 0.15) is 32.7 Å². The molecule has 0 saturated heterocycles. The molecule has 1 amide bonds. The maximum atomic E-state index is 13.3. The predicted molar refractivity (Wildman–Crippen MR) is 124 cm³/mol. The Morgan fingerprint density at radius 2 is 1.70 bits per heavy atom. The van der Waals surface area contributed by atoms with Crippen LogP contribution in [0.25, 0.3) is 0 Å². The molecule has 2 N–H and O–H groups in total. The molecule has 0 atom stereocenters. The van der Waals surface area contributed by atoms with Crippen LogP contribution in [0.4, 0.5) is 18.9 Å². The zero-order valence-corrected chi connectivity index (χ0v) is 19.0. The summed E-state index contributed by atoms with van der Waals surface area (Å²) < 4.78 is 45.8. The van der Waals surface area contributed by atoms with Gasteiger partial charge in [0.25, 0.3) is 5.91 Å². The zero-order chi connectivity index (χ0) is 23.3. The highest BCUT2D eigenvalue weighted by molar-refractivity contribution is 6.07. The largest absolute Gasteiger partial charge is 0.489 e. The van der Waals surface area contributed by atoms with E-state index in [1.54, 1.807) is 24.3 Å². The third kappa shape index (κ3) is 6.69. The number of ether oxygens (including phenoxy) is 1. The highest BCUT2D eigenvalue weighted by atomic mass is 35.5. The summed E-state index contributed by atoms with van der Waals surface area (Å²) >= 11 is 0. The normalized spacial score (nSPS) is 11.0. The van der Waals surface area contributed by atoms with E-state index in [4.69, 9.17) is 10.5 Å². The van der Waals surface area contributed by atoms with Crippen molar-refractivity contribution in [2.45, 2.75) is 26.6 Å². The molecule has 0 aliphatic heterocycles. The number of hydrogen-bond acceptors (Lipinski definition) is 4. The van der Waals surface area contributed by atoms with Crippen molar-refractivity contribution in [3.63, 3.8) is 0 Å². The lowest BCUT2D eigenvalue weighted by Gasteiger charge is -2.24. The van der Waals surface area contributed by atoms with Crippen molar-refractivity contribution in [2.75, 3.05) is 18.0 Å². The van der Waals surface area contributed by atoms with Crippen LogP contribution in [0.2, 0.25) is 0 Å². The lowest BCUT2D eigenvalue weighted by Crippen LogP contribution is -2.36. The quantitative estimate of drug-likeness (QED) is 0.497. The van der Waals surface area contributed by atoms with Crippen molar-refractivity contribution in [1.29, 1.82) is 0 Å². The number of amides is 1. The highest BCUT2D eigenvalue weighted by Crippen LogP contribution is 2.31. The summed E-state index contributed by atoms with van der Waals surface area (Å²) in [5.74, 6) is -0.245. The summed E-state index contributed by atoms with van der Waals surface area (Å²) in [6.45, 7) is 4.53. The number of nitrogens with zero attached hydrogens (tertiary/aromatic N) is 2. The fourth-order valence-corrected chi connectivity index (χ4v) is 3.47. The third-order valence-electron chi connectivity index (χ3n) is 4.74. The second-order valence-electron chi connectivity index (χ2n) is 7.42. The summed E-state index contributed by atoms with van der Waals surface area (Å²) in [6, 6.07) is 15.1. The van der Waals surface area contributed by atoms with Gasteiger partial charge in [0, 0.05) is 25.0 Å². The predicted octanol–water partition coefficient (Wildman–Crippen LogP) is 5.32. The zero-order valence-electron chi connectivity index (χ0n) is 18.2. The van der Waals surface area contributed by atoms with E-state index < -0.39 is 23.3 Å². The molecular weight excluding hydrogens is 455 g/mol. The first-order valence-electron chi connectivity index (χ1n) is 10.0. The van der Waals surface area contributed by atoms with Gasteiger partial charge in [-0.05, 0) is 55.8 Å². The third-order valence-corrected chi connectivity index (χ3v) is 4.74. The van der Waals surface area contributed by atoms with Crippen molar-refractivity contribution in [3.05, 3.63) is 88.7 Å². The number of benzene rings is 2. The number of carbonyl (C=O) groups is 1. The van der Waals surface area contributed by atoms with E-state index in [0.29, 0.717) is 18.0 Å². The van der Waals surface area contributed by atoms with Crippen molar-refractivity contribution >= 4 is 24.0 Å². The molecule has 5 nitrogen and oxygen atoms in total. The maximum Gasteiger partial charge on any atom is 0.434 e. The molecular formula is C24H25ClF3N3O2. The molecule has 1 aromatic heterocycles. The van der Waals surface area contributed by atoms with Crippen LogP contribution in [0, 0.1) is 13.8 Å². The van der Waals surface area contributed by atoms with Gasteiger partial charge in [-0.15, -0.1) is 12.4 Å². The van der Waals surface area contributed by atoms with Gasteiger partial charge in [0.05, 0.1) is 5.56 Å². The van der Waals surface area contributed by atoms with E-state index in [1.165, 1.54) is 11.0 Å². The minimum atomic E-state index is -4.74. The number of alkyl halides is 3. The van der Waals surface area contributed by atoms with Crippen LogP contribution in [0.5, 0.6) is 5.75 Å². The van der Waals surface area contributed by atoms with E-state index in [1.807, 2.05) is 26.0 Å². The molecule has 3 aromatic rings. The molecule has 0 spiro atoms. The summed E-state index contributed by atoms with van der Waals surface area (Å²) in [5, 5.41) is 0. The van der Waals surface area contributed by atoms with Gasteiger partial charge in [-0.25, -0.2) is 0 Å². The minimum absolute atomic E-state index is 0. The number of aryl methyl sites for hydroxylation is 2. The van der Waals surface area contributed by atoms with Crippen molar-refractivity contribution in [2.24, 2.45) is 5.73 Å². The number of rotatable bonds is 7. The Hall–Kier alpha value is -3.10. The van der Waals surface area contributed by atoms with Gasteiger partial charge in [0.15, 0.2) is 5.69 Å². The van der Waals surface area contributed by atoms with Gasteiger partial charge < -0.3 is 15.4 Å². The van der Waals surface area contributed by atoms with Crippen molar-refractivity contribution < 1.29 is 22.7 Å². The number of halogens is 4. The Morgan fingerprint density at radius 1 is 1.06 bits per heavy atom. The Balaban J connectivity index is 0.00000385. The van der Waals surface area contributed by atoms with Gasteiger partial charge in [-0.3, -0.25) is 9.78 Å². The Bertz CT molecular complexity index is 1070. The second kappa shape index (κ2) is 11.2. The fourth-order valence-electron chi connectivity index (χ4n) is 3.47. The van der Waals surface area contributed by atoms with E-state index in [2.05, 4.69) is 11.1 Å². The number of nitrogens with two attached hydrogens (primary N) is 1. The lowest BCUT2D eigenvalue weighted by molar-refractivity contribution is -0.141. The van der Waals surface area contributed by atoms with Crippen LogP contribution in [0.3, 0.4) is 0 Å². The van der Waals surface area contributed by atoms with Crippen LogP contribution < -0.4 is 15.4 Å².